The van der Waals surface area contributed by atoms with Crippen LogP contribution in [0.1, 0.15) is 10.4 Å². The summed E-state index contributed by atoms with van der Waals surface area (Å²) in [6.45, 7) is 0. The normalized spacial score (nSPS) is 9.95. The van der Waals surface area contributed by atoms with Gasteiger partial charge in [-0.3, -0.25) is 14.9 Å². The van der Waals surface area contributed by atoms with Crippen LogP contribution in [0.25, 0.3) is 0 Å². The lowest BCUT2D eigenvalue weighted by atomic mass is 10.1. The summed E-state index contributed by atoms with van der Waals surface area (Å²) in [5.74, 6) is -0.976. The van der Waals surface area contributed by atoms with E-state index in [2.05, 4.69) is 10.3 Å². The van der Waals surface area contributed by atoms with Crippen molar-refractivity contribution in [3.05, 3.63) is 52.2 Å². The van der Waals surface area contributed by atoms with Crippen LogP contribution in [0.5, 0.6) is 11.6 Å². The van der Waals surface area contributed by atoms with E-state index in [4.69, 9.17) is 4.74 Å². The Morgan fingerprint density at radius 3 is 2.71 bits per heavy atom. The number of carbonyl (C=O) groups is 1. The van der Waals surface area contributed by atoms with Crippen molar-refractivity contribution >= 4 is 17.3 Å². The van der Waals surface area contributed by atoms with Gasteiger partial charge in [0.05, 0.1) is 29.5 Å². The second-order valence-electron chi connectivity index (χ2n) is 3.97. The van der Waals surface area contributed by atoms with Crippen molar-refractivity contribution in [2.75, 3.05) is 12.4 Å². The van der Waals surface area contributed by atoms with Gasteiger partial charge in [0.15, 0.2) is 0 Å². The summed E-state index contributed by atoms with van der Waals surface area (Å²) >= 11 is 0. The van der Waals surface area contributed by atoms with Crippen molar-refractivity contribution in [1.82, 2.24) is 4.98 Å². The molecule has 0 unspecified atom stereocenters. The molecule has 0 spiro atoms. The maximum absolute atomic E-state index is 12.0. The second kappa shape index (κ2) is 5.87. The quantitative estimate of drug-likeness (QED) is 0.656. The Labute approximate surface area is 119 Å². The summed E-state index contributed by atoms with van der Waals surface area (Å²) in [6, 6.07) is 6.82. The van der Waals surface area contributed by atoms with Crippen LogP contribution in [0, 0.1) is 10.1 Å². The van der Waals surface area contributed by atoms with Crippen LogP contribution < -0.4 is 10.1 Å². The lowest BCUT2D eigenvalue weighted by molar-refractivity contribution is -0.385. The minimum atomic E-state index is -0.763. The number of benzene rings is 1. The second-order valence-corrected chi connectivity index (χ2v) is 3.97. The molecule has 8 heteroatoms. The van der Waals surface area contributed by atoms with Crippen molar-refractivity contribution in [2.24, 2.45) is 0 Å². The molecule has 0 fully saturated rings. The highest BCUT2D eigenvalue weighted by Gasteiger charge is 2.20. The molecule has 1 aromatic carbocycles. The van der Waals surface area contributed by atoms with E-state index < -0.39 is 22.3 Å². The van der Waals surface area contributed by atoms with Gasteiger partial charge < -0.3 is 15.2 Å². The van der Waals surface area contributed by atoms with Gasteiger partial charge >= 0.3 is 5.69 Å². The van der Waals surface area contributed by atoms with Crippen LogP contribution in [0.2, 0.25) is 0 Å². The monoisotopic (exact) mass is 289 g/mol. The Balaban J connectivity index is 2.24. The molecule has 0 bridgehead atoms. The number of carbonyl (C=O) groups excluding carboxylic acids is 1. The topological polar surface area (TPSA) is 115 Å². The number of para-hydroxylation sites is 1. The zero-order chi connectivity index (χ0) is 15.4. The number of methoxy groups -OCH3 is 1. The summed E-state index contributed by atoms with van der Waals surface area (Å²) in [6.07, 6.45) is 1.37. The van der Waals surface area contributed by atoms with Crippen LogP contribution in [0.3, 0.4) is 0 Å². The predicted molar refractivity (Wildman–Crippen MR) is 73.5 cm³/mol. The molecule has 0 aliphatic heterocycles. The molecular formula is C13H11N3O5. The number of hydrogen-bond donors (Lipinski definition) is 2. The molecule has 0 radical (unpaired) electrons. The largest absolute Gasteiger partial charge is 0.502 e. The minimum Gasteiger partial charge on any atom is -0.502 e. The number of anilines is 1. The molecule has 21 heavy (non-hydrogen) atoms. The number of amides is 1. The smallest absolute Gasteiger partial charge is 0.311 e. The van der Waals surface area contributed by atoms with Crippen LogP contribution in [0.15, 0.2) is 36.5 Å². The highest BCUT2D eigenvalue weighted by Crippen LogP contribution is 2.29. The van der Waals surface area contributed by atoms with E-state index >= 15 is 0 Å². The number of phenolic OH excluding ortho intramolecular Hbond substituents is 1. The van der Waals surface area contributed by atoms with Gasteiger partial charge in [-0.05, 0) is 12.1 Å². The van der Waals surface area contributed by atoms with E-state index in [-0.39, 0.29) is 5.56 Å². The number of nitro groups is 1. The number of aromatic nitrogens is 1. The number of nitrogens with one attached hydrogen (secondary N) is 1. The zero-order valence-electron chi connectivity index (χ0n) is 10.9. The highest BCUT2D eigenvalue weighted by atomic mass is 16.6. The molecule has 2 aromatic rings. The van der Waals surface area contributed by atoms with E-state index in [0.717, 1.165) is 6.07 Å². The zero-order valence-corrected chi connectivity index (χ0v) is 10.9. The fourth-order valence-corrected chi connectivity index (χ4v) is 1.64. The first kappa shape index (κ1) is 14.3. The fourth-order valence-electron chi connectivity index (χ4n) is 1.64. The lowest BCUT2D eigenvalue weighted by Crippen LogP contribution is -2.12. The minimum absolute atomic E-state index is 0.194. The summed E-state index contributed by atoms with van der Waals surface area (Å²) in [5, 5.41) is 22.9. The molecule has 2 N–H and O–H groups in total. The predicted octanol–water partition coefficient (Wildman–Crippen LogP) is 1.96. The van der Waals surface area contributed by atoms with Gasteiger partial charge in [-0.25, -0.2) is 4.98 Å². The first-order chi connectivity index (χ1) is 10.0. The fraction of sp³-hybridized carbons (Fsp3) is 0.0769. The molecule has 2 rings (SSSR count). The number of aromatic hydroxyl groups is 1. The van der Waals surface area contributed by atoms with Crippen LogP contribution in [-0.4, -0.2) is 28.0 Å². The molecule has 1 amide bonds. The number of nitrogens with zero attached hydrogens (tertiary/aromatic N) is 2. The average molecular weight is 289 g/mol. The van der Waals surface area contributed by atoms with E-state index in [1.165, 1.54) is 25.4 Å². The van der Waals surface area contributed by atoms with E-state index in [1.54, 1.807) is 12.1 Å². The number of rotatable bonds is 4. The maximum Gasteiger partial charge on any atom is 0.311 e. The summed E-state index contributed by atoms with van der Waals surface area (Å²) in [7, 11) is 1.46. The lowest BCUT2D eigenvalue weighted by Gasteiger charge is -2.07. The van der Waals surface area contributed by atoms with Gasteiger partial charge in [-0.1, -0.05) is 6.07 Å². The molecular weight excluding hydrogens is 278 g/mol. The SMILES string of the molecule is COc1ccc(NC(=O)c2cccc([N+](=O)[O-])c2O)cn1. The molecule has 1 aromatic heterocycles. The first-order valence-electron chi connectivity index (χ1n) is 5.80. The van der Waals surface area contributed by atoms with Crippen molar-refractivity contribution in [3.63, 3.8) is 0 Å². The van der Waals surface area contributed by atoms with Crippen LogP contribution >= 0.6 is 0 Å². The molecule has 0 saturated carbocycles. The standard InChI is InChI=1S/C13H11N3O5/c1-21-11-6-5-8(7-14-11)15-13(18)9-3-2-4-10(12(9)17)16(19)20/h2-7,17H,1H3,(H,15,18). The third-order valence-corrected chi connectivity index (χ3v) is 2.66. The summed E-state index contributed by atoms with van der Waals surface area (Å²) in [4.78, 5) is 25.9. The Morgan fingerprint density at radius 2 is 2.14 bits per heavy atom. The summed E-state index contributed by atoms with van der Waals surface area (Å²) in [5.41, 5.74) is -0.359. The number of nitro benzene ring substituents is 1. The molecule has 0 aliphatic carbocycles. The number of ether oxygens (including phenoxy) is 1. The van der Waals surface area contributed by atoms with Gasteiger partial charge in [0.1, 0.15) is 0 Å². The number of hydrogen-bond acceptors (Lipinski definition) is 6. The average Bonchev–Trinajstić information content (AvgIpc) is 2.47. The van der Waals surface area contributed by atoms with Crippen molar-refractivity contribution in [2.45, 2.75) is 0 Å². The van der Waals surface area contributed by atoms with Crippen LogP contribution in [0.4, 0.5) is 11.4 Å². The number of pyridine rings is 1. The van der Waals surface area contributed by atoms with Gasteiger partial charge in [-0.15, -0.1) is 0 Å². The molecule has 0 aliphatic rings. The third kappa shape index (κ3) is 3.06. The van der Waals surface area contributed by atoms with Crippen molar-refractivity contribution in [3.8, 4) is 11.6 Å². The summed E-state index contributed by atoms with van der Waals surface area (Å²) < 4.78 is 4.88. The van der Waals surface area contributed by atoms with Gasteiger partial charge in [0.25, 0.3) is 5.91 Å². The molecule has 1 heterocycles. The maximum atomic E-state index is 12.0. The molecule has 8 nitrogen and oxygen atoms in total. The Bertz CT molecular complexity index is 685. The van der Waals surface area contributed by atoms with Gasteiger partial charge in [0.2, 0.25) is 11.6 Å². The van der Waals surface area contributed by atoms with Gasteiger partial charge in [-0.2, -0.15) is 0 Å². The van der Waals surface area contributed by atoms with E-state index in [0.29, 0.717) is 11.6 Å². The molecule has 0 atom stereocenters. The molecule has 108 valence electrons. The van der Waals surface area contributed by atoms with E-state index in [1.807, 2.05) is 0 Å². The van der Waals surface area contributed by atoms with Crippen LogP contribution in [-0.2, 0) is 0 Å². The van der Waals surface area contributed by atoms with E-state index in [9.17, 15) is 20.0 Å². The first-order valence-corrected chi connectivity index (χ1v) is 5.80. The Kier molecular flexibility index (Phi) is 3.98. The van der Waals surface area contributed by atoms with Crippen molar-refractivity contribution in [1.29, 1.82) is 0 Å². The third-order valence-electron chi connectivity index (χ3n) is 2.66. The number of phenols is 1. The van der Waals surface area contributed by atoms with Crippen molar-refractivity contribution < 1.29 is 19.6 Å². The van der Waals surface area contributed by atoms with Gasteiger partial charge in [0, 0.05) is 12.1 Å². The highest BCUT2D eigenvalue weighted by molar-refractivity contribution is 6.06. The Hall–Kier alpha value is -3.16. The molecule has 0 saturated heterocycles. The Morgan fingerprint density at radius 1 is 1.38 bits per heavy atom.